The lowest BCUT2D eigenvalue weighted by atomic mass is 10.3. The van der Waals surface area contributed by atoms with Crippen LogP contribution in [0, 0.1) is 6.92 Å². The molecule has 3 N–H and O–H groups in total. The van der Waals surface area contributed by atoms with Gasteiger partial charge < -0.3 is 11.1 Å². The summed E-state index contributed by atoms with van der Waals surface area (Å²) in [6.07, 6.45) is 2.54. The molecule has 6 heteroatoms. The summed E-state index contributed by atoms with van der Waals surface area (Å²) in [5.74, 6) is 2.08. The summed E-state index contributed by atoms with van der Waals surface area (Å²) in [6, 6.07) is 1.97. The third kappa shape index (κ3) is 2.42. The van der Waals surface area contributed by atoms with E-state index >= 15 is 0 Å². The summed E-state index contributed by atoms with van der Waals surface area (Å²) < 4.78 is 1.83. The smallest absolute Gasteiger partial charge is 0.135 e. The lowest BCUT2D eigenvalue weighted by Gasteiger charge is -2.11. The van der Waals surface area contributed by atoms with Crippen molar-refractivity contribution in [2.75, 3.05) is 11.1 Å². The Hall–Kier alpha value is -2.11. The monoisotopic (exact) mass is 246 g/mol. The van der Waals surface area contributed by atoms with Crippen LogP contribution < -0.4 is 11.1 Å². The molecule has 0 unspecified atom stereocenters. The van der Waals surface area contributed by atoms with E-state index in [0.29, 0.717) is 12.4 Å². The molecule has 0 aliphatic carbocycles. The highest BCUT2D eigenvalue weighted by Gasteiger charge is 2.08. The Bertz CT molecular complexity index is 545. The van der Waals surface area contributed by atoms with Crippen LogP contribution in [0.3, 0.4) is 0 Å². The van der Waals surface area contributed by atoms with Gasteiger partial charge in [0.1, 0.15) is 17.5 Å². The topological polar surface area (TPSA) is 81.6 Å². The van der Waals surface area contributed by atoms with Crippen LogP contribution in [0.2, 0.25) is 0 Å². The van der Waals surface area contributed by atoms with E-state index in [1.165, 1.54) is 0 Å². The van der Waals surface area contributed by atoms with Crippen molar-refractivity contribution in [3.8, 4) is 0 Å². The number of hydrogen-bond acceptors (Lipinski definition) is 5. The van der Waals surface area contributed by atoms with Crippen LogP contribution in [0.1, 0.15) is 24.0 Å². The molecule has 0 saturated carbocycles. The highest BCUT2D eigenvalue weighted by Crippen LogP contribution is 2.18. The number of aromatic nitrogens is 4. The van der Waals surface area contributed by atoms with Gasteiger partial charge in [0.2, 0.25) is 0 Å². The Morgan fingerprint density at radius 3 is 2.78 bits per heavy atom. The van der Waals surface area contributed by atoms with Gasteiger partial charge in [0.25, 0.3) is 0 Å². The van der Waals surface area contributed by atoms with Crippen molar-refractivity contribution in [1.82, 2.24) is 19.7 Å². The zero-order chi connectivity index (χ0) is 13.1. The van der Waals surface area contributed by atoms with Gasteiger partial charge in [0.05, 0.1) is 12.2 Å². The Balaban J connectivity index is 2.18. The first-order valence-corrected chi connectivity index (χ1v) is 5.95. The summed E-state index contributed by atoms with van der Waals surface area (Å²) >= 11 is 0. The van der Waals surface area contributed by atoms with Crippen molar-refractivity contribution in [1.29, 1.82) is 0 Å². The fourth-order valence-electron chi connectivity index (χ4n) is 1.66. The van der Waals surface area contributed by atoms with Crippen molar-refractivity contribution >= 4 is 11.6 Å². The van der Waals surface area contributed by atoms with Crippen molar-refractivity contribution in [3.63, 3.8) is 0 Å². The summed E-state index contributed by atoms with van der Waals surface area (Å²) in [5, 5.41) is 7.40. The number of rotatable bonds is 4. The van der Waals surface area contributed by atoms with Gasteiger partial charge in [0.15, 0.2) is 0 Å². The standard InChI is InChI=1S/C12H18N6/c1-4-10-16-11(13)8(2)12(17-10)14-7-9-5-6-15-18(9)3/h5-6H,4,7H2,1-3H3,(H3,13,14,16,17). The van der Waals surface area contributed by atoms with Gasteiger partial charge in [-0.1, -0.05) is 6.92 Å². The number of nitrogens with two attached hydrogens (primary N) is 1. The summed E-state index contributed by atoms with van der Waals surface area (Å²) in [4.78, 5) is 8.67. The van der Waals surface area contributed by atoms with Crippen LogP contribution in [-0.2, 0) is 20.0 Å². The Labute approximate surface area is 106 Å². The first-order valence-electron chi connectivity index (χ1n) is 5.95. The van der Waals surface area contributed by atoms with Crippen molar-refractivity contribution in [2.24, 2.45) is 7.05 Å². The molecule has 96 valence electrons. The minimum atomic E-state index is 0.536. The average Bonchev–Trinajstić information content (AvgIpc) is 2.76. The normalized spacial score (nSPS) is 10.6. The summed E-state index contributed by atoms with van der Waals surface area (Å²) in [7, 11) is 1.91. The van der Waals surface area contributed by atoms with E-state index in [4.69, 9.17) is 5.73 Å². The maximum Gasteiger partial charge on any atom is 0.135 e. The second-order valence-electron chi connectivity index (χ2n) is 4.15. The molecule has 2 heterocycles. The highest BCUT2D eigenvalue weighted by atomic mass is 15.3. The second kappa shape index (κ2) is 5.03. The molecule has 6 nitrogen and oxygen atoms in total. The predicted molar refractivity (Wildman–Crippen MR) is 71.1 cm³/mol. The number of nitrogens with zero attached hydrogens (tertiary/aromatic N) is 4. The van der Waals surface area contributed by atoms with Crippen LogP contribution in [-0.4, -0.2) is 19.7 Å². The number of nitrogens with one attached hydrogen (secondary N) is 1. The number of nitrogen functional groups attached to an aromatic ring is 1. The van der Waals surface area contributed by atoms with Crippen molar-refractivity contribution in [3.05, 3.63) is 29.3 Å². The van der Waals surface area contributed by atoms with E-state index in [1.807, 2.05) is 31.6 Å². The number of anilines is 2. The van der Waals surface area contributed by atoms with Crippen LogP contribution in [0.4, 0.5) is 11.6 Å². The lowest BCUT2D eigenvalue weighted by molar-refractivity contribution is 0.719. The van der Waals surface area contributed by atoms with E-state index < -0.39 is 0 Å². The van der Waals surface area contributed by atoms with Crippen LogP contribution in [0.15, 0.2) is 12.3 Å². The molecular weight excluding hydrogens is 228 g/mol. The molecule has 18 heavy (non-hydrogen) atoms. The predicted octanol–water partition coefficient (Wildman–Crippen LogP) is 1.28. The van der Waals surface area contributed by atoms with Crippen LogP contribution >= 0.6 is 0 Å². The van der Waals surface area contributed by atoms with Crippen molar-refractivity contribution in [2.45, 2.75) is 26.8 Å². The van der Waals surface area contributed by atoms with Gasteiger partial charge in [-0.2, -0.15) is 5.10 Å². The molecule has 0 fully saturated rings. The molecule has 0 aliphatic heterocycles. The molecule has 0 aliphatic rings. The molecular formula is C12H18N6. The summed E-state index contributed by atoms with van der Waals surface area (Å²) in [5.41, 5.74) is 7.84. The molecule has 0 saturated heterocycles. The van der Waals surface area contributed by atoms with E-state index in [0.717, 1.165) is 29.3 Å². The molecule has 0 aromatic carbocycles. The third-order valence-electron chi connectivity index (χ3n) is 2.91. The van der Waals surface area contributed by atoms with E-state index in [2.05, 4.69) is 20.4 Å². The molecule has 2 rings (SSSR count). The first-order chi connectivity index (χ1) is 8.61. The first kappa shape index (κ1) is 12.3. The van der Waals surface area contributed by atoms with Gasteiger partial charge in [-0.3, -0.25) is 4.68 Å². The van der Waals surface area contributed by atoms with Crippen LogP contribution in [0.5, 0.6) is 0 Å². The highest BCUT2D eigenvalue weighted by molar-refractivity contribution is 5.54. The SMILES string of the molecule is CCc1nc(N)c(C)c(NCc2ccnn2C)n1. The molecule has 0 amide bonds. The lowest BCUT2D eigenvalue weighted by Crippen LogP contribution is -2.11. The molecule has 2 aromatic heterocycles. The molecule has 2 aromatic rings. The van der Waals surface area contributed by atoms with Crippen molar-refractivity contribution < 1.29 is 0 Å². The molecule has 0 radical (unpaired) electrons. The maximum absolute atomic E-state index is 5.87. The Morgan fingerprint density at radius 1 is 1.39 bits per heavy atom. The van der Waals surface area contributed by atoms with Gasteiger partial charge in [-0.15, -0.1) is 0 Å². The molecule has 0 bridgehead atoms. The van der Waals surface area contributed by atoms with Gasteiger partial charge in [0, 0.05) is 25.2 Å². The third-order valence-corrected chi connectivity index (χ3v) is 2.91. The Morgan fingerprint density at radius 2 is 2.17 bits per heavy atom. The van der Waals surface area contributed by atoms with E-state index in [-0.39, 0.29) is 0 Å². The minimum absolute atomic E-state index is 0.536. The summed E-state index contributed by atoms with van der Waals surface area (Å²) in [6.45, 7) is 4.59. The second-order valence-corrected chi connectivity index (χ2v) is 4.15. The number of hydrogen-bond donors (Lipinski definition) is 2. The largest absolute Gasteiger partial charge is 0.383 e. The van der Waals surface area contributed by atoms with E-state index in [1.54, 1.807) is 6.20 Å². The minimum Gasteiger partial charge on any atom is -0.383 e. The fourth-order valence-corrected chi connectivity index (χ4v) is 1.66. The fraction of sp³-hybridized carbons (Fsp3) is 0.417. The zero-order valence-corrected chi connectivity index (χ0v) is 10.9. The zero-order valence-electron chi connectivity index (χ0n) is 10.9. The van der Waals surface area contributed by atoms with Crippen LogP contribution in [0.25, 0.3) is 0 Å². The molecule has 0 atom stereocenters. The molecule has 0 spiro atoms. The maximum atomic E-state index is 5.87. The average molecular weight is 246 g/mol. The van der Waals surface area contributed by atoms with Gasteiger partial charge in [-0.25, -0.2) is 9.97 Å². The van der Waals surface area contributed by atoms with E-state index in [9.17, 15) is 0 Å². The van der Waals surface area contributed by atoms with Gasteiger partial charge >= 0.3 is 0 Å². The quantitative estimate of drug-likeness (QED) is 0.849. The Kier molecular flexibility index (Phi) is 3.45. The van der Waals surface area contributed by atoms with Gasteiger partial charge in [-0.05, 0) is 13.0 Å². The number of aryl methyl sites for hydroxylation is 2.